The van der Waals surface area contributed by atoms with Gasteiger partial charge < -0.3 is 5.32 Å². The minimum absolute atomic E-state index is 0.137. The molecular formula is C18H27N3O. The second-order valence-electron chi connectivity index (χ2n) is 6.61. The smallest absolute Gasteiger partial charge is 0.242 e. The molecule has 1 aromatic rings. The van der Waals surface area contributed by atoms with E-state index in [1.807, 2.05) is 37.4 Å². The van der Waals surface area contributed by atoms with Crippen LogP contribution in [0.25, 0.3) is 0 Å². The third kappa shape index (κ3) is 3.50. The van der Waals surface area contributed by atoms with Crippen LogP contribution in [-0.2, 0) is 4.79 Å². The standard InChI is InChI=1S/C18H27N3O/c1-3-20(2)17(14-7-5-4-6-8-14)18(22)19-15-11-12-21(13-15)16-9-10-16/h4-8,15-17H,3,9-13H2,1-2H3,(H,19,22)/t15-,17-/m1/s1. The molecule has 0 bridgehead atoms. The van der Waals surface area contributed by atoms with Crippen LogP contribution in [0.5, 0.6) is 0 Å². The summed E-state index contributed by atoms with van der Waals surface area (Å²) in [6, 6.07) is 11.0. The van der Waals surface area contributed by atoms with Gasteiger partial charge in [-0.05, 0) is 38.4 Å². The number of nitrogens with one attached hydrogen (secondary N) is 1. The summed E-state index contributed by atoms with van der Waals surface area (Å²) in [6.07, 6.45) is 3.76. The number of amides is 1. The maximum Gasteiger partial charge on any atom is 0.242 e. The highest BCUT2D eigenvalue weighted by Crippen LogP contribution is 2.30. The Hall–Kier alpha value is -1.39. The van der Waals surface area contributed by atoms with Crippen molar-refractivity contribution >= 4 is 5.91 Å². The van der Waals surface area contributed by atoms with E-state index >= 15 is 0 Å². The summed E-state index contributed by atoms with van der Waals surface area (Å²) in [6.45, 7) is 5.10. The van der Waals surface area contributed by atoms with Crippen LogP contribution in [0.1, 0.15) is 37.8 Å². The van der Waals surface area contributed by atoms with Gasteiger partial charge in [0.1, 0.15) is 6.04 Å². The minimum Gasteiger partial charge on any atom is -0.350 e. The molecule has 4 nitrogen and oxygen atoms in total. The van der Waals surface area contributed by atoms with Crippen molar-refractivity contribution in [2.45, 2.75) is 44.3 Å². The molecule has 2 fully saturated rings. The summed E-state index contributed by atoms with van der Waals surface area (Å²) < 4.78 is 0. The largest absolute Gasteiger partial charge is 0.350 e. The normalized spacial score (nSPS) is 23.7. The van der Waals surface area contributed by atoms with Gasteiger partial charge in [-0.1, -0.05) is 37.3 Å². The molecule has 1 saturated heterocycles. The van der Waals surface area contributed by atoms with E-state index in [9.17, 15) is 4.79 Å². The molecule has 0 radical (unpaired) electrons. The third-order valence-corrected chi connectivity index (χ3v) is 4.93. The molecule has 22 heavy (non-hydrogen) atoms. The first-order valence-electron chi connectivity index (χ1n) is 8.48. The Morgan fingerprint density at radius 1 is 1.32 bits per heavy atom. The second-order valence-corrected chi connectivity index (χ2v) is 6.61. The van der Waals surface area contributed by atoms with Crippen molar-refractivity contribution in [3.63, 3.8) is 0 Å². The maximum atomic E-state index is 12.8. The highest BCUT2D eigenvalue weighted by Gasteiger charge is 2.36. The molecule has 0 aromatic heterocycles. The van der Waals surface area contributed by atoms with E-state index in [0.717, 1.165) is 37.7 Å². The number of carbonyl (C=O) groups excluding carboxylic acids is 1. The van der Waals surface area contributed by atoms with Crippen molar-refractivity contribution < 1.29 is 4.79 Å². The van der Waals surface area contributed by atoms with E-state index in [1.165, 1.54) is 12.8 Å². The molecule has 1 aromatic carbocycles. The van der Waals surface area contributed by atoms with Gasteiger partial charge in [0.05, 0.1) is 0 Å². The first kappa shape index (κ1) is 15.5. The highest BCUT2D eigenvalue weighted by molar-refractivity contribution is 5.83. The molecule has 1 amide bonds. The van der Waals surface area contributed by atoms with Crippen molar-refractivity contribution in [3.8, 4) is 0 Å². The van der Waals surface area contributed by atoms with E-state index in [-0.39, 0.29) is 11.9 Å². The summed E-state index contributed by atoms with van der Waals surface area (Å²) in [4.78, 5) is 17.5. The lowest BCUT2D eigenvalue weighted by molar-refractivity contribution is -0.126. The van der Waals surface area contributed by atoms with E-state index in [1.54, 1.807) is 0 Å². The number of hydrogen-bond donors (Lipinski definition) is 1. The van der Waals surface area contributed by atoms with Crippen molar-refractivity contribution in [2.24, 2.45) is 0 Å². The summed E-state index contributed by atoms with van der Waals surface area (Å²) in [5, 5.41) is 3.28. The molecule has 2 aliphatic rings. The van der Waals surface area contributed by atoms with Crippen LogP contribution in [0.2, 0.25) is 0 Å². The predicted molar refractivity (Wildman–Crippen MR) is 88.6 cm³/mol. The van der Waals surface area contributed by atoms with Gasteiger partial charge in [0.15, 0.2) is 0 Å². The highest BCUT2D eigenvalue weighted by atomic mass is 16.2. The fraction of sp³-hybridized carbons (Fsp3) is 0.611. The SMILES string of the molecule is CCN(C)[C@@H](C(=O)N[C@@H]1CCN(C2CC2)C1)c1ccccc1. The van der Waals surface area contributed by atoms with Gasteiger partial charge in [0, 0.05) is 25.2 Å². The van der Waals surface area contributed by atoms with Crippen LogP contribution in [0.3, 0.4) is 0 Å². The van der Waals surface area contributed by atoms with E-state index in [2.05, 4.69) is 22.0 Å². The molecule has 0 spiro atoms. The number of rotatable bonds is 6. The first-order chi connectivity index (χ1) is 10.7. The first-order valence-corrected chi connectivity index (χ1v) is 8.48. The van der Waals surface area contributed by atoms with Crippen LogP contribution in [-0.4, -0.2) is 54.5 Å². The molecule has 3 rings (SSSR count). The van der Waals surface area contributed by atoms with Crippen LogP contribution < -0.4 is 5.32 Å². The second kappa shape index (κ2) is 6.80. The molecule has 0 unspecified atom stereocenters. The van der Waals surface area contributed by atoms with Gasteiger partial charge in [-0.25, -0.2) is 0 Å². The molecule has 4 heteroatoms. The molecule has 1 heterocycles. The van der Waals surface area contributed by atoms with Crippen LogP contribution >= 0.6 is 0 Å². The molecule has 1 aliphatic heterocycles. The third-order valence-electron chi connectivity index (χ3n) is 4.93. The number of nitrogens with zero attached hydrogens (tertiary/aromatic N) is 2. The molecule has 1 saturated carbocycles. The molecule has 2 atom stereocenters. The van der Waals surface area contributed by atoms with Crippen LogP contribution in [0.4, 0.5) is 0 Å². The molecule has 120 valence electrons. The van der Waals surface area contributed by atoms with Crippen LogP contribution in [0.15, 0.2) is 30.3 Å². The Labute approximate surface area is 133 Å². The lowest BCUT2D eigenvalue weighted by atomic mass is 10.0. The predicted octanol–water partition coefficient (Wildman–Crippen LogP) is 2.03. The minimum atomic E-state index is -0.193. The monoisotopic (exact) mass is 301 g/mol. The van der Waals surface area contributed by atoms with Crippen molar-refractivity contribution in [1.82, 2.24) is 15.1 Å². The van der Waals surface area contributed by atoms with Gasteiger partial charge in [-0.3, -0.25) is 14.6 Å². The zero-order valence-corrected chi connectivity index (χ0v) is 13.7. The lowest BCUT2D eigenvalue weighted by Crippen LogP contribution is -2.44. The van der Waals surface area contributed by atoms with Crippen molar-refractivity contribution in [2.75, 3.05) is 26.7 Å². The van der Waals surface area contributed by atoms with E-state index in [0.29, 0.717) is 6.04 Å². The fourth-order valence-corrected chi connectivity index (χ4v) is 3.38. The fourth-order valence-electron chi connectivity index (χ4n) is 3.38. The Bertz CT molecular complexity index is 500. The number of likely N-dealkylation sites (tertiary alicyclic amines) is 1. The van der Waals surface area contributed by atoms with E-state index < -0.39 is 0 Å². The Morgan fingerprint density at radius 3 is 2.68 bits per heavy atom. The zero-order valence-electron chi connectivity index (χ0n) is 13.7. The average Bonchev–Trinajstić information content (AvgIpc) is 3.29. The lowest BCUT2D eigenvalue weighted by Gasteiger charge is -2.28. The maximum absolute atomic E-state index is 12.8. The summed E-state index contributed by atoms with van der Waals surface area (Å²) in [5.41, 5.74) is 1.07. The number of hydrogen-bond acceptors (Lipinski definition) is 3. The Morgan fingerprint density at radius 2 is 2.05 bits per heavy atom. The quantitative estimate of drug-likeness (QED) is 0.873. The van der Waals surface area contributed by atoms with Gasteiger partial charge in [0.25, 0.3) is 0 Å². The topological polar surface area (TPSA) is 35.6 Å². The number of likely N-dealkylation sites (N-methyl/N-ethyl adjacent to an activating group) is 1. The average molecular weight is 301 g/mol. The Balaban J connectivity index is 1.64. The van der Waals surface area contributed by atoms with Crippen LogP contribution in [0, 0.1) is 0 Å². The van der Waals surface area contributed by atoms with Gasteiger partial charge in [-0.15, -0.1) is 0 Å². The zero-order chi connectivity index (χ0) is 15.5. The summed E-state index contributed by atoms with van der Waals surface area (Å²) >= 11 is 0. The molecule has 1 N–H and O–H groups in total. The van der Waals surface area contributed by atoms with Gasteiger partial charge in [0.2, 0.25) is 5.91 Å². The van der Waals surface area contributed by atoms with Crippen molar-refractivity contribution in [1.29, 1.82) is 0 Å². The summed E-state index contributed by atoms with van der Waals surface area (Å²) in [7, 11) is 2.02. The van der Waals surface area contributed by atoms with Gasteiger partial charge >= 0.3 is 0 Å². The summed E-state index contributed by atoms with van der Waals surface area (Å²) in [5.74, 6) is 0.137. The van der Waals surface area contributed by atoms with E-state index in [4.69, 9.17) is 0 Å². The number of benzene rings is 1. The molecule has 1 aliphatic carbocycles. The Kier molecular flexibility index (Phi) is 4.79. The van der Waals surface area contributed by atoms with Crippen molar-refractivity contribution in [3.05, 3.63) is 35.9 Å². The number of carbonyl (C=O) groups is 1. The van der Waals surface area contributed by atoms with Gasteiger partial charge in [-0.2, -0.15) is 0 Å². The molecular weight excluding hydrogens is 274 g/mol.